The Hall–Kier alpha value is -2.47. The average Bonchev–Trinajstić information content (AvgIpc) is 2.54. The zero-order valence-electron chi connectivity index (χ0n) is 13.5. The summed E-state index contributed by atoms with van der Waals surface area (Å²) >= 11 is 0. The number of anilines is 1. The fourth-order valence-electron chi connectivity index (χ4n) is 2.77. The van der Waals surface area contributed by atoms with Crippen LogP contribution in [-0.4, -0.2) is 41.4 Å². The van der Waals surface area contributed by atoms with Crippen LogP contribution in [0.3, 0.4) is 0 Å². The van der Waals surface area contributed by atoms with E-state index >= 15 is 0 Å². The average molecular weight is 311 g/mol. The molecule has 0 saturated carbocycles. The molecular formula is C17H21N5O. The summed E-state index contributed by atoms with van der Waals surface area (Å²) in [5, 5.41) is 0. The highest BCUT2D eigenvalue weighted by molar-refractivity contribution is 5.88. The highest BCUT2D eigenvalue weighted by atomic mass is 16.1. The number of carbonyl (C=O) groups is 1. The van der Waals surface area contributed by atoms with Crippen LogP contribution in [0.4, 0.5) is 5.69 Å². The van der Waals surface area contributed by atoms with Gasteiger partial charge in [-0.2, -0.15) is 0 Å². The molecule has 120 valence electrons. The third-order valence-corrected chi connectivity index (χ3v) is 4.10. The van der Waals surface area contributed by atoms with E-state index in [-0.39, 0.29) is 5.82 Å². The Bertz CT molecular complexity index is 711. The van der Waals surface area contributed by atoms with E-state index in [2.05, 4.69) is 44.0 Å². The van der Waals surface area contributed by atoms with Crippen LogP contribution < -0.4 is 10.6 Å². The van der Waals surface area contributed by atoms with Crippen molar-refractivity contribution in [2.24, 2.45) is 5.73 Å². The van der Waals surface area contributed by atoms with Gasteiger partial charge in [-0.15, -0.1) is 0 Å². The number of nitrogens with zero attached hydrogens (tertiary/aromatic N) is 4. The summed E-state index contributed by atoms with van der Waals surface area (Å²) in [5.41, 5.74) is 9.73. The SMILES string of the molecule is CN(C)c1ccc(CN2CCc3cnc(C(N)=O)nc3C2)cc1. The quantitative estimate of drug-likeness (QED) is 0.918. The number of primary amides is 1. The molecule has 6 nitrogen and oxygen atoms in total. The predicted molar refractivity (Wildman–Crippen MR) is 89.1 cm³/mol. The van der Waals surface area contributed by atoms with E-state index < -0.39 is 5.91 Å². The van der Waals surface area contributed by atoms with Crippen LogP contribution in [0.5, 0.6) is 0 Å². The fraction of sp³-hybridized carbons (Fsp3) is 0.353. The van der Waals surface area contributed by atoms with Gasteiger partial charge >= 0.3 is 0 Å². The van der Waals surface area contributed by atoms with Gasteiger partial charge in [-0.1, -0.05) is 12.1 Å². The lowest BCUT2D eigenvalue weighted by Gasteiger charge is -2.28. The Morgan fingerprint density at radius 1 is 1.30 bits per heavy atom. The molecule has 0 bridgehead atoms. The van der Waals surface area contributed by atoms with Gasteiger partial charge < -0.3 is 10.6 Å². The Morgan fingerprint density at radius 2 is 2.04 bits per heavy atom. The second kappa shape index (κ2) is 6.34. The lowest BCUT2D eigenvalue weighted by Crippen LogP contribution is -2.32. The summed E-state index contributed by atoms with van der Waals surface area (Å²) in [4.78, 5) is 24.0. The van der Waals surface area contributed by atoms with Gasteiger partial charge in [-0.3, -0.25) is 9.69 Å². The molecule has 2 heterocycles. The molecule has 2 aromatic rings. The molecule has 0 spiro atoms. The molecule has 0 aliphatic carbocycles. The van der Waals surface area contributed by atoms with Crippen molar-refractivity contribution in [3.63, 3.8) is 0 Å². The minimum absolute atomic E-state index is 0.0981. The molecule has 0 unspecified atom stereocenters. The maximum Gasteiger partial charge on any atom is 0.286 e. The van der Waals surface area contributed by atoms with E-state index in [4.69, 9.17) is 5.73 Å². The minimum Gasteiger partial charge on any atom is -0.378 e. The number of aromatic nitrogens is 2. The largest absolute Gasteiger partial charge is 0.378 e. The Morgan fingerprint density at radius 3 is 2.70 bits per heavy atom. The molecule has 1 aromatic carbocycles. The van der Waals surface area contributed by atoms with Crippen LogP contribution in [0, 0.1) is 0 Å². The number of amides is 1. The van der Waals surface area contributed by atoms with E-state index in [1.807, 2.05) is 14.1 Å². The van der Waals surface area contributed by atoms with Gasteiger partial charge in [0, 0.05) is 45.6 Å². The molecule has 23 heavy (non-hydrogen) atoms. The first-order chi connectivity index (χ1) is 11.0. The minimum atomic E-state index is -0.579. The topological polar surface area (TPSA) is 75.3 Å². The van der Waals surface area contributed by atoms with Crippen LogP contribution in [-0.2, 0) is 19.5 Å². The number of hydrogen-bond donors (Lipinski definition) is 1. The van der Waals surface area contributed by atoms with E-state index in [1.165, 1.54) is 11.3 Å². The van der Waals surface area contributed by atoms with Crippen molar-refractivity contribution in [3.05, 3.63) is 53.1 Å². The first-order valence-electron chi connectivity index (χ1n) is 7.66. The summed E-state index contributed by atoms with van der Waals surface area (Å²) in [6.45, 7) is 2.54. The summed E-state index contributed by atoms with van der Waals surface area (Å²) in [6, 6.07) is 8.56. The number of benzene rings is 1. The molecule has 6 heteroatoms. The third-order valence-electron chi connectivity index (χ3n) is 4.10. The number of hydrogen-bond acceptors (Lipinski definition) is 5. The first-order valence-corrected chi connectivity index (χ1v) is 7.66. The normalized spacial score (nSPS) is 14.3. The molecule has 0 fully saturated rings. The highest BCUT2D eigenvalue weighted by Gasteiger charge is 2.19. The third kappa shape index (κ3) is 3.48. The number of fused-ring (bicyclic) bond motifs is 1. The van der Waals surface area contributed by atoms with E-state index in [9.17, 15) is 4.79 Å². The zero-order chi connectivity index (χ0) is 16.4. The molecule has 1 aromatic heterocycles. The van der Waals surface area contributed by atoms with Crippen molar-refractivity contribution in [1.29, 1.82) is 0 Å². The molecule has 3 rings (SSSR count). The van der Waals surface area contributed by atoms with Crippen LogP contribution in [0.2, 0.25) is 0 Å². The van der Waals surface area contributed by atoms with Crippen molar-refractivity contribution in [1.82, 2.24) is 14.9 Å². The smallest absolute Gasteiger partial charge is 0.286 e. The van der Waals surface area contributed by atoms with Gasteiger partial charge in [-0.25, -0.2) is 9.97 Å². The van der Waals surface area contributed by atoms with Crippen molar-refractivity contribution in [2.45, 2.75) is 19.5 Å². The number of nitrogens with two attached hydrogens (primary N) is 1. The molecule has 1 aliphatic rings. The maximum absolute atomic E-state index is 11.2. The Kier molecular flexibility index (Phi) is 4.25. The summed E-state index contributed by atoms with van der Waals surface area (Å²) in [7, 11) is 4.07. The monoisotopic (exact) mass is 311 g/mol. The lowest BCUT2D eigenvalue weighted by atomic mass is 10.1. The van der Waals surface area contributed by atoms with Crippen LogP contribution >= 0.6 is 0 Å². The maximum atomic E-state index is 11.2. The molecule has 0 radical (unpaired) electrons. The number of carbonyl (C=O) groups excluding carboxylic acids is 1. The Balaban J connectivity index is 1.71. The molecule has 1 aliphatic heterocycles. The highest BCUT2D eigenvalue weighted by Crippen LogP contribution is 2.20. The molecule has 2 N–H and O–H groups in total. The van der Waals surface area contributed by atoms with E-state index in [0.717, 1.165) is 30.8 Å². The first kappa shape index (κ1) is 15.4. The summed E-state index contributed by atoms with van der Waals surface area (Å²) in [6.07, 6.45) is 2.62. The van der Waals surface area contributed by atoms with Crippen LogP contribution in [0.1, 0.15) is 27.4 Å². The van der Waals surface area contributed by atoms with Crippen LogP contribution in [0.15, 0.2) is 30.5 Å². The van der Waals surface area contributed by atoms with Gasteiger partial charge in [0.25, 0.3) is 5.91 Å². The van der Waals surface area contributed by atoms with E-state index in [1.54, 1.807) is 6.20 Å². The van der Waals surface area contributed by atoms with Gasteiger partial charge in [0.05, 0.1) is 5.69 Å². The van der Waals surface area contributed by atoms with Gasteiger partial charge in [0.2, 0.25) is 5.82 Å². The standard InChI is InChI=1S/C17H21N5O/c1-21(2)14-5-3-12(4-6-14)10-22-8-7-13-9-19-17(16(18)23)20-15(13)11-22/h3-6,9H,7-8,10-11H2,1-2H3,(H2,18,23). The molecule has 1 amide bonds. The second-order valence-corrected chi connectivity index (χ2v) is 6.05. The number of rotatable bonds is 4. The summed E-state index contributed by atoms with van der Waals surface area (Å²) < 4.78 is 0. The fourth-order valence-corrected chi connectivity index (χ4v) is 2.77. The second-order valence-electron chi connectivity index (χ2n) is 6.05. The van der Waals surface area contributed by atoms with Gasteiger partial charge in [-0.05, 0) is 29.7 Å². The van der Waals surface area contributed by atoms with Crippen molar-refractivity contribution in [3.8, 4) is 0 Å². The zero-order valence-corrected chi connectivity index (χ0v) is 13.5. The lowest BCUT2D eigenvalue weighted by molar-refractivity contribution is 0.0989. The van der Waals surface area contributed by atoms with Crippen molar-refractivity contribution < 1.29 is 4.79 Å². The van der Waals surface area contributed by atoms with Crippen LogP contribution in [0.25, 0.3) is 0 Å². The molecular weight excluding hydrogens is 290 g/mol. The Labute approximate surface area is 135 Å². The van der Waals surface area contributed by atoms with Gasteiger partial charge in [0.1, 0.15) is 0 Å². The summed E-state index contributed by atoms with van der Waals surface area (Å²) in [5.74, 6) is -0.481. The van der Waals surface area contributed by atoms with E-state index in [0.29, 0.717) is 6.54 Å². The van der Waals surface area contributed by atoms with Crippen molar-refractivity contribution in [2.75, 3.05) is 25.5 Å². The molecule has 0 saturated heterocycles. The van der Waals surface area contributed by atoms with Crippen molar-refractivity contribution >= 4 is 11.6 Å². The molecule has 0 atom stereocenters. The predicted octanol–water partition coefficient (Wildman–Crippen LogP) is 1.20. The van der Waals surface area contributed by atoms with Gasteiger partial charge in [0.15, 0.2) is 0 Å².